The summed E-state index contributed by atoms with van der Waals surface area (Å²) in [5, 5.41) is 0. The standard InChI is InChI=1S/C11H25NO2S/c1-9(2)10(3,4)8-11(5,6)12-15(7,13)14/h9,12H,8H2,1-7H3. The lowest BCUT2D eigenvalue weighted by Gasteiger charge is -2.37. The molecule has 92 valence electrons. The molecule has 0 aliphatic carbocycles. The first kappa shape index (κ1) is 14.9. The first-order chi connectivity index (χ1) is 6.36. The Balaban J connectivity index is 4.65. The highest BCUT2D eigenvalue weighted by atomic mass is 32.2. The average Bonchev–Trinajstić information content (AvgIpc) is 1.75. The molecule has 0 radical (unpaired) electrons. The molecule has 0 heterocycles. The van der Waals surface area contributed by atoms with Gasteiger partial charge in [-0.05, 0) is 31.6 Å². The zero-order valence-corrected chi connectivity index (χ0v) is 11.8. The van der Waals surface area contributed by atoms with Crippen molar-refractivity contribution in [3.05, 3.63) is 0 Å². The Morgan fingerprint density at radius 3 is 1.80 bits per heavy atom. The molecule has 0 aromatic carbocycles. The molecular weight excluding hydrogens is 210 g/mol. The molecule has 3 nitrogen and oxygen atoms in total. The van der Waals surface area contributed by atoms with Gasteiger partial charge in [-0.1, -0.05) is 27.7 Å². The number of hydrogen-bond acceptors (Lipinski definition) is 2. The van der Waals surface area contributed by atoms with Crippen LogP contribution in [0.1, 0.15) is 48.0 Å². The van der Waals surface area contributed by atoms with Gasteiger partial charge < -0.3 is 0 Å². The molecule has 4 heteroatoms. The molecule has 0 aliphatic heterocycles. The van der Waals surface area contributed by atoms with Gasteiger partial charge in [-0.25, -0.2) is 13.1 Å². The van der Waals surface area contributed by atoms with E-state index in [0.717, 1.165) is 6.42 Å². The van der Waals surface area contributed by atoms with Crippen LogP contribution in [0.3, 0.4) is 0 Å². The topological polar surface area (TPSA) is 46.2 Å². The third-order valence-corrected chi connectivity index (χ3v) is 3.85. The summed E-state index contributed by atoms with van der Waals surface area (Å²) in [6, 6.07) is 0. The van der Waals surface area contributed by atoms with E-state index in [1.165, 1.54) is 6.26 Å². The summed E-state index contributed by atoms with van der Waals surface area (Å²) >= 11 is 0. The van der Waals surface area contributed by atoms with Gasteiger partial charge >= 0.3 is 0 Å². The fourth-order valence-electron chi connectivity index (χ4n) is 1.88. The predicted octanol–water partition coefficient (Wildman–Crippen LogP) is 2.39. The molecule has 1 N–H and O–H groups in total. The summed E-state index contributed by atoms with van der Waals surface area (Å²) < 4.78 is 25.1. The third kappa shape index (κ3) is 6.15. The summed E-state index contributed by atoms with van der Waals surface area (Å²) in [4.78, 5) is 0. The second kappa shape index (κ2) is 4.42. The molecule has 0 saturated heterocycles. The number of nitrogens with one attached hydrogen (secondary N) is 1. The fraction of sp³-hybridized carbons (Fsp3) is 1.00. The van der Waals surface area contributed by atoms with Gasteiger partial charge in [-0.2, -0.15) is 0 Å². The van der Waals surface area contributed by atoms with Crippen molar-refractivity contribution in [2.24, 2.45) is 11.3 Å². The van der Waals surface area contributed by atoms with E-state index in [2.05, 4.69) is 32.4 Å². The first-order valence-electron chi connectivity index (χ1n) is 5.35. The lowest BCUT2D eigenvalue weighted by molar-refractivity contribution is 0.175. The van der Waals surface area contributed by atoms with Gasteiger partial charge in [0.1, 0.15) is 0 Å². The van der Waals surface area contributed by atoms with Crippen molar-refractivity contribution in [2.45, 2.75) is 53.5 Å². The predicted molar refractivity (Wildman–Crippen MR) is 65.3 cm³/mol. The molecular formula is C11H25NO2S. The van der Waals surface area contributed by atoms with Gasteiger partial charge in [-0.15, -0.1) is 0 Å². The smallest absolute Gasteiger partial charge is 0.209 e. The number of sulfonamides is 1. The van der Waals surface area contributed by atoms with Crippen LogP contribution in [0.4, 0.5) is 0 Å². The molecule has 0 aliphatic rings. The molecule has 0 bridgehead atoms. The maximum Gasteiger partial charge on any atom is 0.209 e. The van der Waals surface area contributed by atoms with Gasteiger partial charge in [0.25, 0.3) is 0 Å². The zero-order valence-electron chi connectivity index (χ0n) is 11.0. The Bertz CT molecular complexity index is 303. The van der Waals surface area contributed by atoms with Crippen molar-refractivity contribution < 1.29 is 8.42 Å². The summed E-state index contributed by atoms with van der Waals surface area (Å²) in [6.45, 7) is 12.5. The Labute approximate surface area is 94.7 Å². The molecule has 0 spiro atoms. The van der Waals surface area contributed by atoms with E-state index in [4.69, 9.17) is 0 Å². The normalized spacial score (nSPS) is 14.7. The second-order valence-corrected chi connectivity index (χ2v) is 7.83. The summed E-state index contributed by atoms with van der Waals surface area (Å²) in [5.41, 5.74) is -0.261. The molecule has 0 aromatic heterocycles. The average molecular weight is 235 g/mol. The van der Waals surface area contributed by atoms with Crippen LogP contribution in [0, 0.1) is 11.3 Å². The molecule has 15 heavy (non-hydrogen) atoms. The molecule has 0 rings (SSSR count). The van der Waals surface area contributed by atoms with Gasteiger partial charge in [0.15, 0.2) is 0 Å². The van der Waals surface area contributed by atoms with Gasteiger partial charge in [0, 0.05) is 5.54 Å². The second-order valence-electron chi connectivity index (χ2n) is 6.08. The van der Waals surface area contributed by atoms with Crippen LogP contribution in [0.2, 0.25) is 0 Å². The van der Waals surface area contributed by atoms with Gasteiger partial charge in [0.2, 0.25) is 10.0 Å². The van der Waals surface area contributed by atoms with Crippen LogP contribution in [0.5, 0.6) is 0 Å². The Hall–Kier alpha value is -0.0900. The van der Waals surface area contributed by atoms with Gasteiger partial charge in [0.05, 0.1) is 6.26 Å². The lowest BCUT2D eigenvalue weighted by atomic mass is 9.73. The van der Waals surface area contributed by atoms with Crippen LogP contribution in [-0.4, -0.2) is 20.2 Å². The Morgan fingerprint density at radius 1 is 1.13 bits per heavy atom. The number of hydrogen-bond donors (Lipinski definition) is 1. The van der Waals surface area contributed by atoms with Crippen molar-refractivity contribution >= 4 is 10.0 Å². The van der Waals surface area contributed by atoms with E-state index >= 15 is 0 Å². The zero-order chi connectivity index (χ0) is 12.5. The highest BCUT2D eigenvalue weighted by Crippen LogP contribution is 2.35. The van der Waals surface area contributed by atoms with E-state index in [0.29, 0.717) is 5.92 Å². The van der Waals surface area contributed by atoms with Crippen molar-refractivity contribution in [3.63, 3.8) is 0 Å². The third-order valence-electron chi connectivity index (χ3n) is 2.92. The van der Waals surface area contributed by atoms with Crippen molar-refractivity contribution in [1.82, 2.24) is 4.72 Å². The fourth-order valence-corrected chi connectivity index (χ4v) is 2.96. The monoisotopic (exact) mass is 235 g/mol. The highest BCUT2D eigenvalue weighted by molar-refractivity contribution is 7.88. The van der Waals surface area contributed by atoms with E-state index in [9.17, 15) is 8.42 Å². The Morgan fingerprint density at radius 2 is 1.53 bits per heavy atom. The van der Waals surface area contributed by atoms with E-state index in [1.54, 1.807) is 0 Å². The van der Waals surface area contributed by atoms with Crippen LogP contribution in [0.15, 0.2) is 0 Å². The summed E-state index contributed by atoms with van der Waals surface area (Å²) in [7, 11) is -3.13. The first-order valence-corrected chi connectivity index (χ1v) is 7.24. The maximum atomic E-state index is 11.2. The molecule has 0 saturated carbocycles. The van der Waals surface area contributed by atoms with E-state index in [1.807, 2.05) is 13.8 Å². The van der Waals surface area contributed by atoms with E-state index in [-0.39, 0.29) is 11.0 Å². The van der Waals surface area contributed by atoms with Crippen LogP contribution < -0.4 is 4.72 Å². The van der Waals surface area contributed by atoms with E-state index < -0.39 is 10.0 Å². The molecule has 0 unspecified atom stereocenters. The quantitative estimate of drug-likeness (QED) is 0.795. The van der Waals surface area contributed by atoms with Gasteiger partial charge in [-0.3, -0.25) is 0 Å². The minimum absolute atomic E-state index is 0.126. The van der Waals surface area contributed by atoms with Crippen LogP contribution in [-0.2, 0) is 10.0 Å². The molecule has 0 amide bonds. The molecule has 0 aromatic rings. The van der Waals surface area contributed by atoms with Crippen molar-refractivity contribution in [1.29, 1.82) is 0 Å². The van der Waals surface area contributed by atoms with Crippen molar-refractivity contribution in [3.8, 4) is 0 Å². The lowest BCUT2D eigenvalue weighted by Crippen LogP contribution is -2.46. The minimum atomic E-state index is -3.13. The minimum Gasteiger partial charge on any atom is -0.213 e. The molecule has 0 atom stereocenters. The SMILES string of the molecule is CC(C)C(C)(C)CC(C)(C)NS(C)(=O)=O. The molecule has 0 fully saturated rings. The summed E-state index contributed by atoms with van der Waals surface area (Å²) in [6.07, 6.45) is 2.03. The van der Waals surface area contributed by atoms with Crippen LogP contribution in [0.25, 0.3) is 0 Å². The largest absolute Gasteiger partial charge is 0.213 e. The summed E-state index contributed by atoms with van der Waals surface area (Å²) in [5.74, 6) is 0.526. The van der Waals surface area contributed by atoms with Crippen molar-refractivity contribution in [2.75, 3.05) is 6.26 Å². The Kier molecular flexibility index (Phi) is 4.39. The van der Waals surface area contributed by atoms with Crippen LogP contribution >= 0.6 is 0 Å². The highest BCUT2D eigenvalue weighted by Gasteiger charge is 2.32. The number of rotatable bonds is 5. The maximum absolute atomic E-state index is 11.2.